The fourth-order valence-corrected chi connectivity index (χ4v) is 1.87. The Labute approximate surface area is 134 Å². The topological polar surface area (TPSA) is 74.1 Å². The summed E-state index contributed by atoms with van der Waals surface area (Å²) in [6, 6.07) is 9.44. The standard InChI is InChI=1S/C15H17N3O3.ClH/c1-12(19)7-8-15(20)21-14(9-18-11-16-10-17-18)13-5-3-2-4-6-13;/h2-6,10-11,14H,7-9H2,1H3;1H. The third-order valence-corrected chi connectivity index (χ3v) is 2.95. The van der Waals surface area contributed by atoms with Gasteiger partial charge in [0.25, 0.3) is 0 Å². The van der Waals surface area contributed by atoms with E-state index in [2.05, 4.69) is 10.1 Å². The van der Waals surface area contributed by atoms with Gasteiger partial charge in [-0.3, -0.25) is 4.79 Å². The van der Waals surface area contributed by atoms with Crippen LogP contribution in [0.15, 0.2) is 43.0 Å². The zero-order chi connectivity index (χ0) is 15.1. The molecule has 1 aromatic carbocycles. The van der Waals surface area contributed by atoms with Crippen LogP contribution >= 0.6 is 12.4 Å². The minimum atomic E-state index is -0.452. The van der Waals surface area contributed by atoms with Crippen LogP contribution in [-0.2, 0) is 20.9 Å². The maximum atomic E-state index is 11.8. The van der Waals surface area contributed by atoms with Gasteiger partial charge in [-0.05, 0) is 12.5 Å². The van der Waals surface area contributed by atoms with Gasteiger partial charge in [-0.1, -0.05) is 30.3 Å². The second-order valence-electron chi connectivity index (χ2n) is 4.71. The fourth-order valence-electron chi connectivity index (χ4n) is 1.87. The molecule has 22 heavy (non-hydrogen) atoms. The number of carbonyl (C=O) groups excluding carboxylic acids is 2. The van der Waals surface area contributed by atoms with Gasteiger partial charge in [-0.2, -0.15) is 5.10 Å². The number of ether oxygens (including phenoxy) is 1. The molecule has 0 spiro atoms. The number of ketones is 1. The first-order valence-corrected chi connectivity index (χ1v) is 6.71. The van der Waals surface area contributed by atoms with E-state index in [-0.39, 0.29) is 37.0 Å². The monoisotopic (exact) mass is 323 g/mol. The molecule has 118 valence electrons. The summed E-state index contributed by atoms with van der Waals surface area (Å²) in [6.07, 6.45) is 2.84. The number of hydrogen-bond acceptors (Lipinski definition) is 5. The summed E-state index contributed by atoms with van der Waals surface area (Å²) >= 11 is 0. The Morgan fingerprint density at radius 3 is 2.55 bits per heavy atom. The Hall–Kier alpha value is -2.21. The number of rotatable bonds is 7. The van der Waals surface area contributed by atoms with Crippen molar-refractivity contribution in [1.29, 1.82) is 0 Å². The van der Waals surface area contributed by atoms with Crippen molar-refractivity contribution in [2.24, 2.45) is 0 Å². The number of esters is 1. The van der Waals surface area contributed by atoms with E-state index in [1.54, 1.807) is 11.0 Å². The van der Waals surface area contributed by atoms with Gasteiger partial charge in [0.05, 0.1) is 13.0 Å². The number of Topliss-reactive ketones (excluding diaryl/α,β-unsaturated/α-hetero) is 1. The molecule has 1 atom stereocenters. The average molecular weight is 324 g/mol. The van der Waals surface area contributed by atoms with Gasteiger partial charge < -0.3 is 9.53 Å². The van der Waals surface area contributed by atoms with Crippen LogP contribution in [0.1, 0.15) is 31.4 Å². The highest BCUT2D eigenvalue weighted by Crippen LogP contribution is 2.20. The molecular weight excluding hydrogens is 306 g/mol. The highest BCUT2D eigenvalue weighted by Gasteiger charge is 2.18. The number of benzene rings is 1. The van der Waals surface area contributed by atoms with Crippen molar-refractivity contribution in [3.05, 3.63) is 48.5 Å². The maximum absolute atomic E-state index is 11.8. The lowest BCUT2D eigenvalue weighted by Crippen LogP contribution is -2.17. The Bertz CT molecular complexity index is 587. The summed E-state index contributed by atoms with van der Waals surface area (Å²) in [5.74, 6) is -0.418. The van der Waals surface area contributed by atoms with Crippen LogP contribution in [-0.4, -0.2) is 26.5 Å². The molecule has 7 heteroatoms. The molecule has 0 radical (unpaired) electrons. The maximum Gasteiger partial charge on any atom is 0.306 e. The molecule has 0 aliphatic carbocycles. The minimum Gasteiger partial charge on any atom is -0.455 e. The van der Waals surface area contributed by atoms with Crippen molar-refractivity contribution in [3.8, 4) is 0 Å². The van der Waals surface area contributed by atoms with Crippen molar-refractivity contribution in [1.82, 2.24) is 14.8 Å². The van der Waals surface area contributed by atoms with Gasteiger partial charge >= 0.3 is 5.97 Å². The van der Waals surface area contributed by atoms with E-state index in [4.69, 9.17) is 4.74 Å². The molecule has 0 saturated carbocycles. The Balaban J connectivity index is 0.00000242. The molecule has 1 unspecified atom stereocenters. The smallest absolute Gasteiger partial charge is 0.306 e. The van der Waals surface area contributed by atoms with Crippen LogP contribution in [0.5, 0.6) is 0 Å². The van der Waals surface area contributed by atoms with Gasteiger partial charge in [0.2, 0.25) is 0 Å². The summed E-state index contributed by atoms with van der Waals surface area (Å²) in [7, 11) is 0. The highest BCUT2D eigenvalue weighted by atomic mass is 35.5. The third kappa shape index (κ3) is 5.65. The first-order valence-electron chi connectivity index (χ1n) is 6.71. The molecule has 1 aromatic heterocycles. The summed E-state index contributed by atoms with van der Waals surface area (Å²) in [4.78, 5) is 26.6. The normalized spacial score (nSPS) is 11.3. The lowest BCUT2D eigenvalue weighted by atomic mass is 10.1. The van der Waals surface area contributed by atoms with E-state index < -0.39 is 6.10 Å². The van der Waals surface area contributed by atoms with E-state index in [9.17, 15) is 9.59 Å². The molecule has 0 saturated heterocycles. The van der Waals surface area contributed by atoms with Crippen LogP contribution in [0.25, 0.3) is 0 Å². The third-order valence-electron chi connectivity index (χ3n) is 2.95. The van der Waals surface area contributed by atoms with Gasteiger partial charge in [0.15, 0.2) is 0 Å². The first-order chi connectivity index (χ1) is 10.1. The SMILES string of the molecule is CC(=O)CCC(=O)OC(Cn1cncn1)c1ccccc1.Cl. The van der Waals surface area contributed by atoms with E-state index in [0.29, 0.717) is 6.54 Å². The van der Waals surface area contributed by atoms with Crippen LogP contribution in [0.3, 0.4) is 0 Å². The molecule has 6 nitrogen and oxygen atoms in total. The lowest BCUT2D eigenvalue weighted by molar-refractivity contribution is -0.151. The second kappa shape index (κ2) is 8.94. The average Bonchev–Trinajstić information content (AvgIpc) is 2.98. The van der Waals surface area contributed by atoms with Crippen molar-refractivity contribution in [2.45, 2.75) is 32.4 Å². The van der Waals surface area contributed by atoms with Crippen molar-refractivity contribution in [3.63, 3.8) is 0 Å². The number of nitrogens with zero attached hydrogens (tertiary/aromatic N) is 3. The predicted molar refractivity (Wildman–Crippen MR) is 82.5 cm³/mol. The molecule has 0 aliphatic rings. The molecule has 0 fully saturated rings. The van der Waals surface area contributed by atoms with Gasteiger partial charge in [-0.15, -0.1) is 12.4 Å². The molecule has 1 heterocycles. The van der Waals surface area contributed by atoms with E-state index in [1.807, 2.05) is 30.3 Å². The quantitative estimate of drug-likeness (QED) is 0.731. The summed E-state index contributed by atoms with van der Waals surface area (Å²) in [6.45, 7) is 1.84. The minimum absolute atomic E-state index is 0. The summed E-state index contributed by atoms with van der Waals surface area (Å²) < 4.78 is 7.09. The Morgan fingerprint density at radius 2 is 1.95 bits per heavy atom. The lowest BCUT2D eigenvalue weighted by Gasteiger charge is -2.18. The first kappa shape index (κ1) is 17.8. The Morgan fingerprint density at radius 1 is 1.23 bits per heavy atom. The largest absolute Gasteiger partial charge is 0.455 e. The van der Waals surface area contributed by atoms with Crippen molar-refractivity contribution < 1.29 is 14.3 Å². The molecular formula is C15H18ClN3O3. The molecule has 2 aromatic rings. The Kier molecular flexibility index (Phi) is 7.25. The molecule has 0 N–H and O–H groups in total. The van der Waals surface area contributed by atoms with Crippen LogP contribution in [0.4, 0.5) is 0 Å². The number of halogens is 1. The zero-order valence-corrected chi connectivity index (χ0v) is 13.0. The van der Waals surface area contributed by atoms with Crippen LogP contribution < -0.4 is 0 Å². The summed E-state index contributed by atoms with van der Waals surface area (Å²) in [5.41, 5.74) is 0.879. The van der Waals surface area contributed by atoms with Gasteiger partial charge in [0.1, 0.15) is 24.5 Å². The van der Waals surface area contributed by atoms with Gasteiger partial charge in [-0.25, -0.2) is 9.67 Å². The molecule has 0 bridgehead atoms. The fraction of sp³-hybridized carbons (Fsp3) is 0.333. The molecule has 0 amide bonds. The number of carbonyl (C=O) groups is 2. The van der Waals surface area contributed by atoms with E-state index in [1.165, 1.54) is 13.3 Å². The highest BCUT2D eigenvalue weighted by molar-refractivity contribution is 5.85. The van der Waals surface area contributed by atoms with E-state index in [0.717, 1.165) is 5.56 Å². The number of hydrogen-bond donors (Lipinski definition) is 0. The van der Waals surface area contributed by atoms with Gasteiger partial charge in [0, 0.05) is 6.42 Å². The summed E-state index contributed by atoms with van der Waals surface area (Å²) in [5, 5.41) is 4.02. The zero-order valence-electron chi connectivity index (χ0n) is 12.2. The number of aromatic nitrogens is 3. The van der Waals surface area contributed by atoms with E-state index >= 15 is 0 Å². The predicted octanol–water partition coefficient (Wildman–Crippen LogP) is 2.35. The van der Waals surface area contributed by atoms with Crippen molar-refractivity contribution in [2.75, 3.05) is 0 Å². The van der Waals surface area contributed by atoms with Crippen LogP contribution in [0.2, 0.25) is 0 Å². The van der Waals surface area contributed by atoms with Crippen molar-refractivity contribution >= 4 is 24.2 Å². The van der Waals surface area contributed by atoms with Crippen LogP contribution in [0, 0.1) is 0 Å². The second-order valence-corrected chi connectivity index (χ2v) is 4.71. The molecule has 0 aliphatic heterocycles. The molecule has 2 rings (SSSR count).